The number of aromatic nitrogens is 3. The summed E-state index contributed by atoms with van der Waals surface area (Å²) in [5, 5.41) is 4.04. The number of rotatable bonds is 8. The lowest BCUT2D eigenvalue weighted by atomic mass is 10.0. The number of pyridine rings is 1. The van der Waals surface area contributed by atoms with Crippen molar-refractivity contribution in [3.63, 3.8) is 0 Å². The summed E-state index contributed by atoms with van der Waals surface area (Å²) in [7, 11) is -3.32. The molecular weight excluding hydrogens is 410 g/mol. The Labute approximate surface area is 183 Å². The van der Waals surface area contributed by atoms with E-state index in [4.69, 9.17) is 0 Å². The first-order valence-electron chi connectivity index (χ1n) is 10.9. The summed E-state index contributed by atoms with van der Waals surface area (Å²) >= 11 is 0. The van der Waals surface area contributed by atoms with Gasteiger partial charge in [0.2, 0.25) is 10.0 Å². The largest absolute Gasteiger partial charge is 0.367 e. The highest BCUT2D eigenvalue weighted by atomic mass is 32.2. The third-order valence-electron chi connectivity index (χ3n) is 5.90. The zero-order chi connectivity index (χ0) is 21.6. The zero-order valence-corrected chi connectivity index (χ0v) is 18.6. The van der Waals surface area contributed by atoms with Crippen molar-refractivity contribution in [2.75, 3.05) is 5.32 Å². The standard InChI is InChI=1S/C23H27N5O2S/c1-15(2)31(29,30)28(20-6-7-20)13-19-11-17(9-10-24-19)16-3-8-22-21(12-16)23(26-14-25-22)27-18-4-5-18/h3,8-12,14-15,18,20H,4-7,13H2,1-2H3,(H,25,26,27). The van der Waals surface area contributed by atoms with Crippen LogP contribution in [-0.2, 0) is 16.6 Å². The first kappa shape index (κ1) is 20.3. The maximum Gasteiger partial charge on any atom is 0.217 e. The van der Waals surface area contributed by atoms with Gasteiger partial charge in [-0.15, -0.1) is 0 Å². The number of anilines is 1. The van der Waals surface area contributed by atoms with Crippen LogP contribution in [0.2, 0.25) is 0 Å². The van der Waals surface area contributed by atoms with Crippen molar-refractivity contribution >= 4 is 26.7 Å². The molecule has 8 heteroatoms. The number of fused-ring (bicyclic) bond motifs is 1. The molecule has 162 valence electrons. The summed E-state index contributed by atoms with van der Waals surface area (Å²) in [6, 6.07) is 10.7. The monoisotopic (exact) mass is 437 g/mol. The predicted octanol–water partition coefficient (Wildman–Crippen LogP) is 3.97. The van der Waals surface area contributed by atoms with Crippen LogP contribution in [0.5, 0.6) is 0 Å². The first-order valence-corrected chi connectivity index (χ1v) is 12.4. The first-order chi connectivity index (χ1) is 14.9. The lowest BCUT2D eigenvalue weighted by Crippen LogP contribution is -2.37. The van der Waals surface area contributed by atoms with Crippen LogP contribution in [0.4, 0.5) is 5.82 Å². The topological polar surface area (TPSA) is 88.1 Å². The molecular formula is C23H27N5O2S. The van der Waals surface area contributed by atoms with Crippen molar-refractivity contribution in [3.8, 4) is 11.1 Å². The summed E-state index contributed by atoms with van der Waals surface area (Å²) < 4.78 is 27.3. The molecule has 0 amide bonds. The average Bonchev–Trinajstić information content (AvgIpc) is 3.67. The van der Waals surface area contributed by atoms with Gasteiger partial charge < -0.3 is 5.32 Å². The minimum Gasteiger partial charge on any atom is -0.367 e. The molecule has 2 aliphatic carbocycles. The van der Waals surface area contributed by atoms with Crippen LogP contribution in [-0.4, -0.2) is 45.0 Å². The second-order valence-electron chi connectivity index (χ2n) is 8.78. The van der Waals surface area contributed by atoms with E-state index in [0.29, 0.717) is 12.6 Å². The van der Waals surface area contributed by atoms with Gasteiger partial charge in [0.15, 0.2) is 0 Å². The molecule has 0 radical (unpaired) electrons. The number of nitrogens with zero attached hydrogens (tertiary/aromatic N) is 4. The van der Waals surface area contributed by atoms with Crippen molar-refractivity contribution < 1.29 is 8.42 Å². The Morgan fingerprint density at radius 1 is 1.03 bits per heavy atom. The number of hydrogen-bond donors (Lipinski definition) is 1. The quantitative estimate of drug-likeness (QED) is 0.574. The fourth-order valence-corrected chi connectivity index (χ4v) is 5.22. The van der Waals surface area contributed by atoms with Gasteiger partial charge in [-0.05, 0) is 74.9 Å². The van der Waals surface area contributed by atoms with E-state index >= 15 is 0 Å². The molecule has 2 fully saturated rings. The minimum absolute atomic E-state index is 0.103. The van der Waals surface area contributed by atoms with E-state index in [9.17, 15) is 8.42 Å². The smallest absolute Gasteiger partial charge is 0.217 e. The van der Waals surface area contributed by atoms with E-state index < -0.39 is 15.3 Å². The van der Waals surface area contributed by atoms with Gasteiger partial charge in [-0.1, -0.05) is 6.07 Å². The Morgan fingerprint density at radius 3 is 2.52 bits per heavy atom. The zero-order valence-electron chi connectivity index (χ0n) is 17.8. The molecule has 0 bridgehead atoms. The molecule has 31 heavy (non-hydrogen) atoms. The summed E-state index contributed by atoms with van der Waals surface area (Å²) in [5.41, 5.74) is 3.70. The fraction of sp³-hybridized carbons (Fsp3) is 0.435. The van der Waals surface area contributed by atoms with Gasteiger partial charge in [-0.3, -0.25) is 4.98 Å². The van der Waals surface area contributed by atoms with E-state index in [-0.39, 0.29) is 6.04 Å². The third-order valence-corrected chi connectivity index (χ3v) is 8.17. The third kappa shape index (κ3) is 4.27. The molecule has 3 aromatic rings. The Hall–Kier alpha value is -2.58. The van der Waals surface area contributed by atoms with Crippen LogP contribution in [0.1, 0.15) is 45.2 Å². The summed E-state index contributed by atoms with van der Waals surface area (Å²) in [4.78, 5) is 13.3. The highest BCUT2D eigenvalue weighted by Crippen LogP contribution is 2.33. The average molecular weight is 438 g/mol. The van der Waals surface area contributed by atoms with Gasteiger partial charge in [-0.25, -0.2) is 18.4 Å². The molecule has 1 N–H and O–H groups in total. The molecule has 2 saturated carbocycles. The van der Waals surface area contributed by atoms with Crippen LogP contribution in [0.15, 0.2) is 42.9 Å². The number of sulfonamides is 1. The van der Waals surface area contributed by atoms with Crippen molar-refractivity contribution in [2.45, 2.75) is 63.4 Å². The normalized spacial score (nSPS) is 16.9. The van der Waals surface area contributed by atoms with Gasteiger partial charge in [0, 0.05) is 23.7 Å². The molecule has 2 heterocycles. The highest BCUT2D eigenvalue weighted by molar-refractivity contribution is 7.89. The van der Waals surface area contributed by atoms with Crippen molar-refractivity contribution in [1.82, 2.24) is 19.3 Å². The molecule has 0 atom stereocenters. The highest BCUT2D eigenvalue weighted by Gasteiger charge is 2.38. The second kappa shape index (κ2) is 7.84. The van der Waals surface area contributed by atoms with Gasteiger partial charge in [0.25, 0.3) is 0 Å². The SMILES string of the molecule is CC(C)S(=O)(=O)N(Cc1cc(-c2ccc3ncnc(NC4CC4)c3c2)ccn1)C1CC1. The Kier molecular flexibility index (Phi) is 5.14. The van der Waals surface area contributed by atoms with E-state index in [1.807, 2.05) is 24.3 Å². The van der Waals surface area contributed by atoms with E-state index in [0.717, 1.165) is 46.4 Å². The number of nitrogens with one attached hydrogen (secondary N) is 1. The van der Waals surface area contributed by atoms with Gasteiger partial charge in [-0.2, -0.15) is 4.31 Å². The Balaban J connectivity index is 1.46. The molecule has 1 aromatic carbocycles. The molecule has 0 unspecified atom stereocenters. The van der Waals surface area contributed by atoms with Crippen LogP contribution >= 0.6 is 0 Å². The fourth-order valence-electron chi connectivity index (χ4n) is 3.74. The lowest BCUT2D eigenvalue weighted by molar-refractivity contribution is 0.390. The molecule has 2 aliphatic rings. The van der Waals surface area contributed by atoms with Crippen molar-refractivity contribution in [1.29, 1.82) is 0 Å². The molecule has 7 nitrogen and oxygen atoms in total. The number of benzene rings is 1. The van der Waals surface area contributed by atoms with Crippen molar-refractivity contribution in [3.05, 3.63) is 48.5 Å². The van der Waals surface area contributed by atoms with E-state index in [2.05, 4.69) is 26.3 Å². The Bertz CT molecular complexity index is 1220. The molecule has 2 aromatic heterocycles. The van der Waals surface area contributed by atoms with Crippen LogP contribution in [0.3, 0.4) is 0 Å². The minimum atomic E-state index is -3.32. The molecule has 0 saturated heterocycles. The van der Waals surface area contributed by atoms with Gasteiger partial charge in [0.1, 0.15) is 12.1 Å². The lowest BCUT2D eigenvalue weighted by Gasteiger charge is -2.24. The number of hydrogen-bond acceptors (Lipinski definition) is 6. The second-order valence-corrected chi connectivity index (χ2v) is 11.2. The summed E-state index contributed by atoms with van der Waals surface area (Å²) in [6.07, 6.45) is 7.55. The van der Waals surface area contributed by atoms with E-state index in [1.54, 1.807) is 30.7 Å². The maximum absolute atomic E-state index is 12.8. The Morgan fingerprint density at radius 2 is 1.81 bits per heavy atom. The predicted molar refractivity (Wildman–Crippen MR) is 122 cm³/mol. The van der Waals surface area contributed by atoms with Crippen LogP contribution < -0.4 is 5.32 Å². The maximum atomic E-state index is 12.8. The molecule has 5 rings (SSSR count). The summed E-state index contributed by atoms with van der Waals surface area (Å²) in [5.74, 6) is 0.867. The van der Waals surface area contributed by atoms with Crippen LogP contribution in [0, 0.1) is 0 Å². The van der Waals surface area contributed by atoms with Crippen LogP contribution in [0.25, 0.3) is 22.0 Å². The van der Waals surface area contributed by atoms with Crippen molar-refractivity contribution in [2.24, 2.45) is 0 Å². The summed E-state index contributed by atoms with van der Waals surface area (Å²) in [6.45, 7) is 3.78. The van der Waals surface area contributed by atoms with E-state index in [1.165, 1.54) is 12.8 Å². The van der Waals surface area contributed by atoms with Gasteiger partial charge >= 0.3 is 0 Å². The van der Waals surface area contributed by atoms with Gasteiger partial charge in [0.05, 0.1) is 23.0 Å². The molecule has 0 spiro atoms. The molecule has 0 aliphatic heterocycles.